The summed E-state index contributed by atoms with van der Waals surface area (Å²) in [5.41, 5.74) is -2.07. The molecule has 1 aliphatic heterocycles. The number of amides is 1. The number of hydrogen-bond acceptors (Lipinski definition) is 5. The van der Waals surface area contributed by atoms with Gasteiger partial charge in [0, 0.05) is 17.4 Å². The summed E-state index contributed by atoms with van der Waals surface area (Å²) in [6, 6.07) is 0. The van der Waals surface area contributed by atoms with Crippen molar-refractivity contribution in [3.63, 3.8) is 0 Å². The van der Waals surface area contributed by atoms with Gasteiger partial charge >= 0.3 is 5.97 Å². The third kappa shape index (κ3) is 5.23. The van der Waals surface area contributed by atoms with Crippen molar-refractivity contribution in [2.45, 2.75) is 66.6 Å². The molecule has 0 bridgehead atoms. The molecule has 29 heavy (non-hydrogen) atoms. The van der Waals surface area contributed by atoms with Crippen LogP contribution in [0, 0.1) is 17.0 Å². The lowest BCUT2D eigenvalue weighted by molar-refractivity contribution is -0.123. The molecule has 1 saturated heterocycles. The lowest BCUT2D eigenvalue weighted by Crippen LogP contribution is -2.31. The summed E-state index contributed by atoms with van der Waals surface area (Å²) in [7, 11) is 0. The minimum atomic E-state index is -1.01. The van der Waals surface area contributed by atoms with E-state index in [0.717, 1.165) is 12.8 Å². The summed E-state index contributed by atoms with van der Waals surface area (Å²) in [4.78, 5) is 25.2. The maximum absolute atomic E-state index is 15.2. The Kier molecular flexibility index (Phi) is 7.57. The van der Waals surface area contributed by atoms with Crippen LogP contribution in [0.1, 0.15) is 69.8 Å². The van der Waals surface area contributed by atoms with Gasteiger partial charge in [0.2, 0.25) is 5.91 Å². The van der Waals surface area contributed by atoms with E-state index in [-0.39, 0.29) is 18.6 Å². The number of rotatable bonds is 6. The van der Waals surface area contributed by atoms with Crippen molar-refractivity contribution in [2.24, 2.45) is 5.41 Å². The van der Waals surface area contributed by atoms with Crippen molar-refractivity contribution in [1.29, 1.82) is 0 Å². The molecule has 1 aromatic rings. The van der Waals surface area contributed by atoms with E-state index < -0.39 is 52.2 Å². The molecule has 1 aliphatic rings. The van der Waals surface area contributed by atoms with Crippen LogP contribution in [-0.2, 0) is 20.7 Å². The molecule has 0 saturated carbocycles. The molecule has 1 atom stereocenters. The van der Waals surface area contributed by atoms with Gasteiger partial charge in [-0.15, -0.1) is 0 Å². The number of nitrogens with one attached hydrogen (secondary N) is 1. The van der Waals surface area contributed by atoms with Gasteiger partial charge in [-0.1, -0.05) is 27.7 Å². The lowest BCUT2D eigenvalue weighted by atomic mass is 9.94. The molecular formula is C21H29F2NO5. The molecule has 0 aromatic heterocycles. The molecule has 1 aromatic carbocycles. The fourth-order valence-electron chi connectivity index (χ4n) is 2.89. The molecule has 0 radical (unpaired) electrons. The van der Waals surface area contributed by atoms with Gasteiger partial charge in [0.15, 0.2) is 23.7 Å². The number of carbonyl (C=O) groups is 2. The van der Waals surface area contributed by atoms with Crippen molar-refractivity contribution in [3.8, 4) is 5.75 Å². The van der Waals surface area contributed by atoms with Crippen LogP contribution in [0.25, 0.3) is 0 Å². The van der Waals surface area contributed by atoms with E-state index in [1.165, 1.54) is 0 Å². The summed E-state index contributed by atoms with van der Waals surface area (Å²) in [6.45, 7) is 8.50. The number of esters is 1. The lowest BCUT2D eigenvalue weighted by Gasteiger charge is -2.27. The fourth-order valence-corrected chi connectivity index (χ4v) is 2.89. The Morgan fingerprint density at radius 1 is 1.17 bits per heavy atom. The molecule has 0 spiro atoms. The van der Waals surface area contributed by atoms with Crippen LogP contribution in [0.5, 0.6) is 5.75 Å². The quantitative estimate of drug-likeness (QED) is 0.691. The van der Waals surface area contributed by atoms with Gasteiger partial charge in [-0.25, -0.2) is 13.6 Å². The number of hydrogen-bond donors (Lipinski definition) is 1. The molecule has 0 aliphatic carbocycles. The van der Waals surface area contributed by atoms with E-state index in [0.29, 0.717) is 13.0 Å². The summed E-state index contributed by atoms with van der Waals surface area (Å²) in [5, 5.41) is 2.44. The number of benzene rings is 1. The fraction of sp³-hybridized carbons (Fsp3) is 0.619. The van der Waals surface area contributed by atoms with Crippen molar-refractivity contribution in [1.82, 2.24) is 0 Å². The van der Waals surface area contributed by atoms with E-state index >= 15 is 8.78 Å². The van der Waals surface area contributed by atoms with Crippen LogP contribution in [0.3, 0.4) is 0 Å². The predicted octanol–water partition coefficient (Wildman–Crippen LogP) is 4.59. The second-order valence-electron chi connectivity index (χ2n) is 7.88. The van der Waals surface area contributed by atoms with Gasteiger partial charge in [0.25, 0.3) is 0 Å². The van der Waals surface area contributed by atoms with Crippen LogP contribution in [0.15, 0.2) is 0 Å². The van der Waals surface area contributed by atoms with Gasteiger partial charge in [-0.2, -0.15) is 0 Å². The topological polar surface area (TPSA) is 73.9 Å². The van der Waals surface area contributed by atoms with E-state index in [4.69, 9.17) is 14.2 Å². The number of carbonyl (C=O) groups excluding carboxylic acids is 2. The van der Waals surface area contributed by atoms with E-state index in [9.17, 15) is 9.59 Å². The predicted molar refractivity (Wildman–Crippen MR) is 104 cm³/mol. The van der Waals surface area contributed by atoms with Gasteiger partial charge in [0.05, 0.1) is 18.9 Å². The minimum Gasteiger partial charge on any atom is -0.462 e. The van der Waals surface area contributed by atoms with Crippen molar-refractivity contribution >= 4 is 17.6 Å². The van der Waals surface area contributed by atoms with Gasteiger partial charge < -0.3 is 19.5 Å². The first-order valence-corrected chi connectivity index (χ1v) is 9.92. The van der Waals surface area contributed by atoms with Gasteiger partial charge in [-0.3, -0.25) is 4.79 Å². The van der Waals surface area contributed by atoms with Gasteiger partial charge in [-0.05, 0) is 26.2 Å². The Hall–Kier alpha value is -2.22. The summed E-state index contributed by atoms with van der Waals surface area (Å²) < 4.78 is 46.5. The Morgan fingerprint density at radius 3 is 2.38 bits per heavy atom. The molecule has 1 unspecified atom stereocenters. The zero-order valence-corrected chi connectivity index (χ0v) is 17.6. The van der Waals surface area contributed by atoms with Crippen molar-refractivity contribution < 1.29 is 32.6 Å². The van der Waals surface area contributed by atoms with E-state index in [2.05, 4.69) is 5.32 Å². The van der Waals surface area contributed by atoms with E-state index in [1.807, 2.05) is 0 Å². The number of anilines is 1. The van der Waals surface area contributed by atoms with Crippen molar-refractivity contribution in [3.05, 3.63) is 22.8 Å². The number of halogens is 2. The highest BCUT2D eigenvalue weighted by Gasteiger charge is 2.34. The maximum Gasteiger partial charge on any atom is 0.344 e. The van der Waals surface area contributed by atoms with Crippen LogP contribution in [-0.4, -0.2) is 31.4 Å². The molecule has 1 amide bonds. The van der Waals surface area contributed by atoms with Crippen LogP contribution in [0.4, 0.5) is 14.5 Å². The van der Waals surface area contributed by atoms with Crippen LogP contribution >= 0.6 is 0 Å². The SMILES string of the molecule is CCOC(=O)c1c(NC(=O)C(C)(C)C)c(F)c(CC)c(F)c1OC1CCCCO1. The monoisotopic (exact) mass is 413 g/mol. The summed E-state index contributed by atoms with van der Waals surface area (Å²) in [5.74, 6) is -3.98. The molecule has 162 valence electrons. The Balaban J connectivity index is 2.66. The van der Waals surface area contributed by atoms with Crippen LogP contribution in [0.2, 0.25) is 0 Å². The van der Waals surface area contributed by atoms with Crippen LogP contribution < -0.4 is 10.1 Å². The third-order valence-electron chi connectivity index (χ3n) is 4.57. The highest BCUT2D eigenvalue weighted by molar-refractivity contribution is 6.05. The first kappa shape index (κ1) is 23.1. The normalized spacial score (nSPS) is 17.0. The molecule has 1 N–H and O–H groups in total. The zero-order valence-electron chi connectivity index (χ0n) is 17.6. The number of ether oxygens (including phenoxy) is 3. The average molecular weight is 413 g/mol. The second-order valence-corrected chi connectivity index (χ2v) is 7.88. The summed E-state index contributed by atoms with van der Waals surface area (Å²) >= 11 is 0. The largest absolute Gasteiger partial charge is 0.462 e. The molecule has 6 nitrogen and oxygen atoms in total. The molecule has 2 rings (SSSR count). The third-order valence-corrected chi connectivity index (χ3v) is 4.57. The van der Waals surface area contributed by atoms with Gasteiger partial charge in [0.1, 0.15) is 5.56 Å². The molecule has 1 heterocycles. The first-order chi connectivity index (χ1) is 13.6. The Labute approximate surface area is 169 Å². The zero-order chi connectivity index (χ0) is 21.8. The highest BCUT2D eigenvalue weighted by Crippen LogP contribution is 2.38. The Bertz CT molecular complexity index is 768. The van der Waals surface area contributed by atoms with E-state index in [1.54, 1.807) is 34.6 Å². The molecule has 8 heteroatoms. The summed E-state index contributed by atoms with van der Waals surface area (Å²) in [6.07, 6.45) is 1.40. The standard InChI is InChI=1S/C21H29F2NO5/c1-6-12-15(22)17(24-20(26)21(3,4)5)14(19(25)27-7-2)18(16(12)23)29-13-10-8-9-11-28-13/h13H,6-11H2,1-5H3,(H,24,26). The first-order valence-electron chi connectivity index (χ1n) is 9.92. The molecule has 1 fully saturated rings. The smallest absolute Gasteiger partial charge is 0.344 e. The highest BCUT2D eigenvalue weighted by atomic mass is 19.1. The molecular weight excluding hydrogens is 384 g/mol. The second kappa shape index (κ2) is 9.52. The maximum atomic E-state index is 15.2. The van der Waals surface area contributed by atoms with Crippen molar-refractivity contribution in [2.75, 3.05) is 18.5 Å². The Morgan fingerprint density at radius 2 is 1.86 bits per heavy atom. The average Bonchev–Trinajstić information content (AvgIpc) is 2.66. The minimum absolute atomic E-state index is 0.00104.